The fraction of sp³-hybridized carbons (Fsp3) is 0.370. The molecule has 35 heavy (non-hydrogen) atoms. The van der Waals surface area contributed by atoms with Gasteiger partial charge in [0, 0.05) is 33.5 Å². The average Bonchev–Trinajstić information content (AvgIpc) is 3.49. The molecule has 2 heterocycles. The molecule has 2 aromatic heterocycles. The third-order valence-electron chi connectivity index (χ3n) is 6.97. The summed E-state index contributed by atoms with van der Waals surface area (Å²) in [5.74, 6) is -0.282. The molecule has 1 unspecified atom stereocenters. The highest BCUT2D eigenvalue weighted by Crippen LogP contribution is 2.33. The first-order valence-electron chi connectivity index (χ1n) is 12.1. The molecule has 1 atom stereocenters. The van der Waals surface area contributed by atoms with E-state index >= 15 is 0 Å². The fourth-order valence-electron chi connectivity index (χ4n) is 5.11. The SMILES string of the molecule is O=C(O)CC1CCC(NC(=O)c2ccc(Cl)c3cnn(Cc4ccc(C5C=CC=CC5)s4)c23)CC1. The van der Waals surface area contributed by atoms with E-state index in [1.54, 1.807) is 29.7 Å². The molecule has 0 aliphatic heterocycles. The van der Waals surface area contributed by atoms with Gasteiger partial charge in [-0.05, 0) is 62.3 Å². The third kappa shape index (κ3) is 5.36. The van der Waals surface area contributed by atoms with Crippen molar-refractivity contribution in [2.45, 2.75) is 57.0 Å². The number of hydrogen-bond acceptors (Lipinski definition) is 4. The van der Waals surface area contributed by atoms with Gasteiger partial charge < -0.3 is 10.4 Å². The number of hydrogen-bond donors (Lipinski definition) is 2. The molecule has 3 aromatic rings. The first-order chi connectivity index (χ1) is 17.0. The van der Waals surface area contributed by atoms with E-state index in [1.807, 2.05) is 4.68 Å². The van der Waals surface area contributed by atoms with Gasteiger partial charge in [-0.3, -0.25) is 14.3 Å². The number of carboxylic acids is 1. The zero-order chi connectivity index (χ0) is 24.4. The van der Waals surface area contributed by atoms with E-state index in [0.29, 0.717) is 23.0 Å². The van der Waals surface area contributed by atoms with Crippen LogP contribution in [-0.2, 0) is 11.3 Å². The molecule has 0 saturated heterocycles. The molecule has 0 spiro atoms. The smallest absolute Gasteiger partial charge is 0.303 e. The zero-order valence-corrected chi connectivity index (χ0v) is 20.9. The molecular weight excluding hydrogens is 482 g/mol. The number of rotatable bonds is 7. The first-order valence-corrected chi connectivity index (χ1v) is 13.3. The lowest BCUT2D eigenvalue weighted by Crippen LogP contribution is -2.38. The van der Waals surface area contributed by atoms with Crippen LogP contribution in [0.2, 0.25) is 5.02 Å². The van der Waals surface area contributed by atoms with Gasteiger partial charge in [0.1, 0.15) is 0 Å². The minimum absolute atomic E-state index is 0.0482. The quantitative estimate of drug-likeness (QED) is 0.399. The summed E-state index contributed by atoms with van der Waals surface area (Å²) >= 11 is 8.24. The summed E-state index contributed by atoms with van der Waals surface area (Å²) in [6, 6.07) is 7.89. The highest BCUT2D eigenvalue weighted by atomic mass is 35.5. The Bertz CT molecular complexity index is 1300. The van der Waals surface area contributed by atoms with E-state index in [-0.39, 0.29) is 24.3 Å². The predicted molar refractivity (Wildman–Crippen MR) is 139 cm³/mol. The van der Waals surface area contributed by atoms with Crippen LogP contribution in [0, 0.1) is 5.92 Å². The molecule has 8 heteroatoms. The van der Waals surface area contributed by atoms with Crippen molar-refractivity contribution in [2.24, 2.45) is 5.92 Å². The zero-order valence-electron chi connectivity index (χ0n) is 19.3. The van der Waals surface area contributed by atoms with Crippen LogP contribution in [0.15, 0.2) is 54.8 Å². The molecule has 0 bridgehead atoms. The van der Waals surface area contributed by atoms with Gasteiger partial charge in [-0.15, -0.1) is 11.3 Å². The highest BCUT2D eigenvalue weighted by Gasteiger charge is 2.26. The standard InChI is InChI=1S/C27H28ClN3O3S/c28-23-12-11-21(27(34)30-19-8-6-17(7-9-19)14-25(32)33)26-22(23)15-29-31(26)16-20-10-13-24(35-20)18-4-2-1-3-5-18/h1-4,10-13,15,17-19H,5-9,14,16H2,(H,30,34)(H,32,33). The van der Waals surface area contributed by atoms with Gasteiger partial charge in [0.2, 0.25) is 0 Å². The summed E-state index contributed by atoms with van der Waals surface area (Å²) in [6.45, 7) is 0.571. The van der Waals surface area contributed by atoms with Crippen LogP contribution in [0.3, 0.4) is 0 Å². The van der Waals surface area contributed by atoms with Crippen molar-refractivity contribution in [2.75, 3.05) is 0 Å². The van der Waals surface area contributed by atoms with Crippen molar-refractivity contribution < 1.29 is 14.7 Å². The highest BCUT2D eigenvalue weighted by molar-refractivity contribution is 7.12. The Kier molecular flexibility index (Phi) is 7.07. The van der Waals surface area contributed by atoms with Gasteiger partial charge in [0.25, 0.3) is 5.91 Å². The van der Waals surface area contributed by atoms with Crippen LogP contribution < -0.4 is 5.32 Å². The van der Waals surface area contributed by atoms with Crippen molar-refractivity contribution in [1.82, 2.24) is 15.1 Å². The van der Waals surface area contributed by atoms with Crippen LogP contribution in [-0.4, -0.2) is 32.8 Å². The van der Waals surface area contributed by atoms with Gasteiger partial charge in [0.05, 0.1) is 28.8 Å². The third-order valence-corrected chi connectivity index (χ3v) is 8.50. The van der Waals surface area contributed by atoms with Gasteiger partial charge >= 0.3 is 5.97 Å². The minimum Gasteiger partial charge on any atom is -0.481 e. The van der Waals surface area contributed by atoms with E-state index in [0.717, 1.165) is 43.0 Å². The van der Waals surface area contributed by atoms with Gasteiger partial charge in [-0.25, -0.2) is 0 Å². The van der Waals surface area contributed by atoms with E-state index in [4.69, 9.17) is 16.7 Å². The lowest BCUT2D eigenvalue weighted by Gasteiger charge is -2.28. The number of allylic oxidation sites excluding steroid dienone is 4. The number of nitrogens with zero attached hydrogens (tertiary/aromatic N) is 2. The molecular formula is C27H28ClN3O3S. The Morgan fingerprint density at radius 2 is 1.97 bits per heavy atom. The number of amides is 1. The van der Waals surface area contributed by atoms with Crippen LogP contribution in [0.4, 0.5) is 0 Å². The van der Waals surface area contributed by atoms with Crippen LogP contribution in [0.5, 0.6) is 0 Å². The van der Waals surface area contributed by atoms with Gasteiger partial charge in [-0.1, -0.05) is 35.9 Å². The summed E-state index contributed by atoms with van der Waals surface area (Å²) in [6.07, 6.45) is 14.8. The van der Waals surface area contributed by atoms with Crippen molar-refractivity contribution in [3.05, 3.63) is 75.1 Å². The number of aromatic nitrogens is 2. The Morgan fingerprint density at radius 1 is 1.14 bits per heavy atom. The largest absolute Gasteiger partial charge is 0.481 e. The van der Waals surface area contributed by atoms with E-state index in [1.165, 1.54) is 9.75 Å². The van der Waals surface area contributed by atoms with E-state index in [9.17, 15) is 9.59 Å². The maximum atomic E-state index is 13.3. The number of fused-ring (bicyclic) bond motifs is 1. The van der Waals surface area contributed by atoms with E-state index < -0.39 is 5.97 Å². The van der Waals surface area contributed by atoms with Crippen molar-refractivity contribution >= 4 is 45.7 Å². The van der Waals surface area contributed by atoms with Gasteiger partial charge in [-0.2, -0.15) is 5.10 Å². The van der Waals surface area contributed by atoms with E-state index in [2.05, 4.69) is 46.9 Å². The topological polar surface area (TPSA) is 84.2 Å². The Hall–Kier alpha value is -2.90. The van der Waals surface area contributed by atoms with Crippen molar-refractivity contribution in [1.29, 1.82) is 0 Å². The number of benzene rings is 1. The second kappa shape index (κ2) is 10.4. The fourth-order valence-corrected chi connectivity index (χ4v) is 6.40. The van der Waals surface area contributed by atoms with Crippen LogP contribution in [0.25, 0.3) is 10.9 Å². The summed E-state index contributed by atoms with van der Waals surface area (Å²) in [5, 5.41) is 18.1. The number of carbonyl (C=O) groups is 2. The molecule has 2 aliphatic carbocycles. The molecule has 1 fully saturated rings. The minimum atomic E-state index is -0.751. The molecule has 1 aromatic carbocycles. The van der Waals surface area contributed by atoms with Crippen LogP contribution >= 0.6 is 22.9 Å². The number of carbonyl (C=O) groups excluding carboxylic acids is 1. The summed E-state index contributed by atoms with van der Waals surface area (Å²) in [4.78, 5) is 26.8. The Labute approximate surface area is 213 Å². The number of aliphatic carboxylic acids is 1. The van der Waals surface area contributed by atoms with Crippen molar-refractivity contribution in [3.63, 3.8) is 0 Å². The second-order valence-electron chi connectivity index (χ2n) is 9.41. The molecule has 182 valence electrons. The van der Waals surface area contributed by atoms with Crippen molar-refractivity contribution in [3.8, 4) is 0 Å². The maximum absolute atomic E-state index is 13.3. The molecule has 0 radical (unpaired) electrons. The molecule has 6 nitrogen and oxygen atoms in total. The Morgan fingerprint density at radius 3 is 2.71 bits per heavy atom. The monoisotopic (exact) mass is 509 g/mol. The molecule has 2 aliphatic rings. The molecule has 1 saturated carbocycles. The Balaban J connectivity index is 1.33. The maximum Gasteiger partial charge on any atom is 0.303 e. The first kappa shape index (κ1) is 23.8. The molecule has 1 amide bonds. The number of thiophene rings is 1. The average molecular weight is 510 g/mol. The summed E-state index contributed by atoms with van der Waals surface area (Å²) in [5.41, 5.74) is 1.30. The summed E-state index contributed by atoms with van der Waals surface area (Å²) < 4.78 is 1.87. The second-order valence-corrected chi connectivity index (χ2v) is 11.0. The molecule has 5 rings (SSSR count). The van der Waals surface area contributed by atoms with Gasteiger partial charge in [0.15, 0.2) is 0 Å². The lowest BCUT2D eigenvalue weighted by atomic mass is 9.84. The predicted octanol–water partition coefficient (Wildman–Crippen LogP) is 6.16. The lowest BCUT2D eigenvalue weighted by molar-refractivity contribution is -0.138. The molecule has 2 N–H and O–H groups in total. The number of halogens is 1. The normalized spacial score (nSPS) is 21.9. The van der Waals surface area contributed by atoms with Crippen LogP contribution in [0.1, 0.15) is 64.6 Å². The number of carboxylic acid groups (broad SMARTS) is 1. The number of nitrogens with one attached hydrogen (secondary N) is 1. The summed E-state index contributed by atoms with van der Waals surface area (Å²) in [7, 11) is 0.